The van der Waals surface area contributed by atoms with Crippen molar-refractivity contribution in [3.8, 4) is 0 Å². The summed E-state index contributed by atoms with van der Waals surface area (Å²) in [5.41, 5.74) is 4.51. The maximum Gasteiger partial charge on any atom is 0.215 e. The van der Waals surface area contributed by atoms with E-state index in [4.69, 9.17) is 0 Å². The number of benzene rings is 1. The van der Waals surface area contributed by atoms with E-state index < -0.39 is 0 Å². The van der Waals surface area contributed by atoms with E-state index in [9.17, 15) is 0 Å². The second-order valence-corrected chi connectivity index (χ2v) is 4.36. The first kappa shape index (κ1) is 10.8. The van der Waals surface area contributed by atoms with Crippen molar-refractivity contribution in [1.82, 2.24) is 14.0 Å². The normalized spacial score (nSPS) is 11.9. The van der Waals surface area contributed by atoms with Gasteiger partial charge in [0.15, 0.2) is 0 Å². The van der Waals surface area contributed by atoms with E-state index in [1.807, 2.05) is 31.3 Å². The Morgan fingerprint density at radius 2 is 2.06 bits per heavy atom. The maximum absolute atomic E-state index is 4.67. The molecule has 0 saturated heterocycles. The van der Waals surface area contributed by atoms with Gasteiger partial charge in [0.1, 0.15) is 0 Å². The van der Waals surface area contributed by atoms with Gasteiger partial charge in [-0.25, -0.2) is 4.98 Å². The summed E-state index contributed by atoms with van der Waals surface area (Å²) >= 11 is 0. The monoisotopic (exact) mass is 237 g/mol. The zero-order valence-electron chi connectivity index (χ0n) is 10.6. The minimum atomic E-state index is 0.970. The Balaban J connectivity index is 2.49. The van der Waals surface area contributed by atoms with Crippen LogP contribution in [0.15, 0.2) is 43.0 Å². The van der Waals surface area contributed by atoms with E-state index in [2.05, 4.69) is 39.6 Å². The summed E-state index contributed by atoms with van der Waals surface area (Å²) in [6, 6.07) is 8.19. The van der Waals surface area contributed by atoms with E-state index in [1.165, 1.54) is 5.69 Å². The van der Waals surface area contributed by atoms with E-state index in [-0.39, 0.29) is 0 Å². The molecule has 0 unspecified atom stereocenters. The molecule has 0 fully saturated rings. The fraction of sp³-hybridized carbons (Fsp3) is 0.133. The summed E-state index contributed by atoms with van der Waals surface area (Å²) in [5, 5.41) is 0. The van der Waals surface area contributed by atoms with Gasteiger partial charge in [0.05, 0.1) is 16.7 Å². The predicted octanol–water partition coefficient (Wildman–Crippen LogP) is 3.33. The van der Waals surface area contributed by atoms with Crippen molar-refractivity contribution in [2.45, 2.75) is 6.92 Å². The maximum atomic E-state index is 4.67. The standard InChI is InChI=1S/C15H15N3/c1-4-5-9-13-11(2)17(3)15-16-12-8-6-7-10-14(12)18(13)15/h4-10H,1H2,2-3H3/b9-5-. The lowest BCUT2D eigenvalue weighted by Crippen LogP contribution is -1.91. The Hall–Kier alpha value is -2.29. The molecule has 1 aromatic carbocycles. The number of allylic oxidation sites excluding steroid dienone is 2. The van der Waals surface area contributed by atoms with Crippen molar-refractivity contribution in [3.63, 3.8) is 0 Å². The van der Waals surface area contributed by atoms with Gasteiger partial charge < -0.3 is 4.57 Å². The Labute approximate surface area is 106 Å². The van der Waals surface area contributed by atoms with Crippen molar-refractivity contribution < 1.29 is 0 Å². The van der Waals surface area contributed by atoms with Crippen LogP contribution in [0.3, 0.4) is 0 Å². The Bertz CT molecular complexity index is 772. The zero-order chi connectivity index (χ0) is 12.7. The highest BCUT2D eigenvalue weighted by Crippen LogP contribution is 2.23. The van der Waals surface area contributed by atoms with Crippen LogP contribution in [-0.4, -0.2) is 14.0 Å². The largest absolute Gasteiger partial charge is 0.317 e. The summed E-state index contributed by atoms with van der Waals surface area (Å²) in [6.07, 6.45) is 5.82. The first-order chi connectivity index (χ1) is 8.74. The van der Waals surface area contributed by atoms with E-state index in [0.717, 1.165) is 22.5 Å². The van der Waals surface area contributed by atoms with Gasteiger partial charge in [0, 0.05) is 12.7 Å². The number of para-hydroxylation sites is 2. The fourth-order valence-corrected chi connectivity index (χ4v) is 2.31. The number of aromatic nitrogens is 3. The minimum absolute atomic E-state index is 0.970. The third kappa shape index (κ3) is 1.34. The number of hydrogen-bond donors (Lipinski definition) is 0. The molecule has 18 heavy (non-hydrogen) atoms. The number of imidazole rings is 2. The van der Waals surface area contributed by atoms with Gasteiger partial charge in [0.2, 0.25) is 5.78 Å². The van der Waals surface area contributed by atoms with Gasteiger partial charge in [-0.1, -0.05) is 30.9 Å². The van der Waals surface area contributed by atoms with E-state index in [0.29, 0.717) is 0 Å². The third-order valence-electron chi connectivity index (χ3n) is 3.35. The lowest BCUT2D eigenvalue weighted by atomic mass is 10.3. The van der Waals surface area contributed by atoms with Crippen molar-refractivity contribution in [1.29, 1.82) is 0 Å². The average molecular weight is 237 g/mol. The summed E-state index contributed by atoms with van der Waals surface area (Å²) < 4.78 is 4.30. The highest BCUT2D eigenvalue weighted by atomic mass is 15.2. The molecular weight excluding hydrogens is 222 g/mol. The second-order valence-electron chi connectivity index (χ2n) is 4.36. The Morgan fingerprint density at radius 1 is 1.28 bits per heavy atom. The topological polar surface area (TPSA) is 22.2 Å². The van der Waals surface area contributed by atoms with Gasteiger partial charge in [-0.2, -0.15) is 0 Å². The molecule has 0 radical (unpaired) electrons. The molecule has 0 spiro atoms. The molecule has 90 valence electrons. The summed E-state index contributed by atoms with van der Waals surface area (Å²) in [5.74, 6) is 0.970. The minimum Gasteiger partial charge on any atom is -0.317 e. The number of fused-ring (bicyclic) bond motifs is 3. The molecule has 3 heteroatoms. The molecule has 0 aliphatic carbocycles. The van der Waals surface area contributed by atoms with Crippen molar-refractivity contribution in [2.75, 3.05) is 0 Å². The molecule has 0 bridgehead atoms. The van der Waals surface area contributed by atoms with Crippen LogP contribution in [0.25, 0.3) is 22.9 Å². The first-order valence-corrected chi connectivity index (χ1v) is 5.95. The molecule has 3 aromatic rings. The molecule has 0 aliphatic heterocycles. The Morgan fingerprint density at radius 3 is 2.83 bits per heavy atom. The third-order valence-corrected chi connectivity index (χ3v) is 3.35. The highest BCUT2D eigenvalue weighted by Gasteiger charge is 2.14. The van der Waals surface area contributed by atoms with Crippen LogP contribution in [0.4, 0.5) is 0 Å². The molecule has 2 aromatic heterocycles. The average Bonchev–Trinajstić information content (AvgIpc) is 2.87. The second kappa shape index (κ2) is 3.88. The number of nitrogens with zero attached hydrogens (tertiary/aromatic N) is 3. The molecule has 0 aliphatic rings. The fourth-order valence-electron chi connectivity index (χ4n) is 2.31. The van der Waals surface area contributed by atoms with Crippen LogP contribution in [-0.2, 0) is 7.05 Å². The molecule has 3 rings (SSSR count). The SMILES string of the molecule is C=C/C=C\c1c(C)n(C)c2nc3ccccc3n12. The molecule has 2 heterocycles. The van der Waals surface area contributed by atoms with Crippen LogP contribution >= 0.6 is 0 Å². The van der Waals surface area contributed by atoms with Crippen LogP contribution < -0.4 is 0 Å². The van der Waals surface area contributed by atoms with E-state index >= 15 is 0 Å². The molecular formula is C15H15N3. The molecule has 0 saturated carbocycles. The van der Waals surface area contributed by atoms with Gasteiger partial charge in [-0.05, 0) is 25.1 Å². The van der Waals surface area contributed by atoms with Crippen LogP contribution in [0.1, 0.15) is 11.4 Å². The predicted molar refractivity (Wildman–Crippen MR) is 75.6 cm³/mol. The lowest BCUT2D eigenvalue weighted by Gasteiger charge is -1.97. The molecule has 0 atom stereocenters. The first-order valence-electron chi connectivity index (χ1n) is 5.95. The van der Waals surface area contributed by atoms with E-state index in [1.54, 1.807) is 6.08 Å². The molecule has 0 amide bonds. The summed E-state index contributed by atoms with van der Waals surface area (Å²) in [7, 11) is 2.04. The number of hydrogen-bond acceptors (Lipinski definition) is 1. The summed E-state index contributed by atoms with van der Waals surface area (Å²) in [6.45, 7) is 5.83. The summed E-state index contributed by atoms with van der Waals surface area (Å²) in [4.78, 5) is 4.67. The van der Waals surface area contributed by atoms with Crippen LogP contribution in [0, 0.1) is 6.92 Å². The molecule has 0 N–H and O–H groups in total. The number of aryl methyl sites for hydroxylation is 1. The van der Waals surface area contributed by atoms with Crippen molar-refractivity contribution in [2.24, 2.45) is 7.05 Å². The van der Waals surface area contributed by atoms with Crippen LogP contribution in [0.2, 0.25) is 0 Å². The Kier molecular flexibility index (Phi) is 2.33. The number of rotatable bonds is 2. The van der Waals surface area contributed by atoms with Crippen LogP contribution in [0.5, 0.6) is 0 Å². The quantitative estimate of drug-likeness (QED) is 0.627. The smallest absolute Gasteiger partial charge is 0.215 e. The van der Waals surface area contributed by atoms with Crippen molar-refractivity contribution in [3.05, 3.63) is 54.4 Å². The van der Waals surface area contributed by atoms with Gasteiger partial charge in [-0.3, -0.25) is 4.40 Å². The van der Waals surface area contributed by atoms with Gasteiger partial charge in [-0.15, -0.1) is 0 Å². The van der Waals surface area contributed by atoms with Gasteiger partial charge >= 0.3 is 0 Å². The highest BCUT2D eigenvalue weighted by molar-refractivity contribution is 5.81. The zero-order valence-corrected chi connectivity index (χ0v) is 10.6. The van der Waals surface area contributed by atoms with Crippen molar-refractivity contribution >= 4 is 22.9 Å². The van der Waals surface area contributed by atoms with Gasteiger partial charge in [0.25, 0.3) is 0 Å². The molecule has 3 nitrogen and oxygen atoms in total. The lowest BCUT2D eigenvalue weighted by molar-refractivity contribution is 0.898.